The molecule has 27 heavy (non-hydrogen) atoms. The van der Waals surface area contributed by atoms with Crippen LogP contribution in [0.2, 0.25) is 0 Å². The predicted octanol–water partition coefficient (Wildman–Crippen LogP) is 4.51. The number of aromatic nitrogens is 2. The monoisotopic (exact) mass is 372 g/mol. The van der Waals surface area contributed by atoms with Crippen molar-refractivity contribution in [2.75, 3.05) is 10.6 Å². The number of rotatable bonds is 4. The van der Waals surface area contributed by atoms with Crippen molar-refractivity contribution < 1.29 is 18.0 Å². The molecule has 3 aromatic rings. The molecule has 1 heterocycles. The minimum atomic E-state index is -1.66. The Morgan fingerprint density at radius 1 is 0.926 bits per heavy atom. The van der Waals surface area contributed by atoms with Gasteiger partial charge in [0.15, 0.2) is 17.5 Å². The van der Waals surface area contributed by atoms with Crippen molar-refractivity contribution >= 4 is 23.1 Å². The number of aryl methyl sites for hydroxylation is 2. The zero-order chi connectivity index (χ0) is 19.6. The normalized spacial score (nSPS) is 10.6. The second-order valence-corrected chi connectivity index (χ2v) is 5.89. The van der Waals surface area contributed by atoms with Crippen LogP contribution in [0.5, 0.6) is 0 Å². The first-order chi connectivity index (χ1) is 12.8. The van der Waals surface area contributed by atoms with E-state index in [2.05, 4.69) is 20.6 Å². The Morgan fingerprint density at radius 2 is 1.70 bits per heavy atom. The molecule has 0 aliphatic rings. The molecule has 0 bridgehead atoms. The minimum absolute atomic E-state index is 0.0690. The summed E-state index contributed by atoms with van der Waals surface area (Å²) in [5.74, 6) is -4.92. The van der Waals surface area contributed by atoms with Gasteiger partial charge in [0.1, 0.15) is 17.8 Å². The summed E-state index contributed by atoms with van der Waals surface area (Å²) in [5.41, 5.74) is 2.44. The van der Waals surface area contributed by atoms with Gasteiger partial charge in [-0.25, -0.2) is 23.1 Å². The van der Waals surface area contributed by atoms with Crippen molar-refractivity contribution in [3.8, 4) is 0 Å². The lowest BCUT2D eigenvalue weighted by Gasteiger charge is -2.10. The van der Waals surface area contributed by atoms with Crippen LogP contribution < -0.4 is 10.6 Å². The van der Waals surface area contributed by atoms with Gasteiger partial charge in [0.25, 0.3) is 5.91 Å². The number of hydrogen-bond donors (Lipinski definition) is 2. The van der Waals surface area contributed by atoms with Gasteiger partial charge in [0.2, 0.25) is 0 Å². The zero-order valence-corrected chi connectivity index (χ0v) is 14.5. The molecule has 0 aliphatic carbocycles. The fraction of sp³-hybridized carbons (Fsp3) is 0.105. The van der Waals surface area contributed by atoms with E-state index in [1.807, 2.05) is 32.0 Å². The van der Waals surface area contributed by atoms with Crippen LogP contribution in [-0.2, 0) is 0 Å². The summed E-state index contributed by atoms with van der Waals surface area (Å²) >= 11 is 0. The quantitative estimate of drug-likeness (QED) is 0.662. The number of carbonyl (C=O) groups excluding carboxylic acids is 1. The molecule has 0 unspecified atom stereocenters. The first-order valence-corrected chi connectivity index (χ1v) is 7.96. The van der Waals surface area contributed by atoms with E-state index in [0.717, 1.165) is 28.9 Å². The van der Waals surface area contributed by atoms with Crippen LogP contribution in [-0.4, -0.2) is 15.9 Å². The number of nitrogens with zero attached hydrogens (tertiary/aromatic N) is 2. The Hall–Kier alpha value is -3.42. The van der Waals surface area contributed by atoms with Gasteiger partial charge in [0.05, 0.1) is 5.69 Å². The molecule has 0 radical (unpaired) electrons. The minimum Gasteiger partial charge on any atom is -0.340 e. The fourth-order valence-electron chi connectivity index (χ4n) is 2.33. The summed E-state index contributed by atoms with van der Waals surface area (Å²) in [6, 6.07) is 8.75. The van der Waals surface area contributed by atoms with Crippen molar-refractivity contribution in [2.24, 2.45) is 0 Å². The van der Waals surface area contributed by atoms with Gasteiger partial charge in [-0.2, -0.15) is 0 Å². The maximum absolute atomic E-state index is 13.7. The van der Waals surface area contributed by atoms with Crippen LogP contribution in [0, 0.1) is 31.3 Å². The van der Waals surface area contributed by atoms with E-state index in [9.17, 15) is 18.0 Å². The van der Waals surface area contributed by atoms with E-state index in [1.54, 1.807) is 0 Å². The maximum atomic E-state index is 13.7. The van der Waals surface area contributed by atoms with Gasteiger partial charge in [-0.1, -0.05) is 6.07 Å². The predicted molar refractivity (Wildman–Crippen MR) is 95.5 cm³/mol. The van der Waals surface area contributed by atoms with E-state index in [-0.39, 0.29) is 5.69 Å². The molecule has 2 N–H and O–H groups in total. The first kappa shape index (κ1) is 18.4. The first-order valence-electron chi connectivity index (χ1n) is 7.96. The average Bonchev–Trinajstić information content (AvgIpc) is 2.65. The largest absolute Gasteiger partial charge is 0.340 e. The summed E-state index contributed by atoms with van der Waals surface area (Å²) < 4.78 is 40.0. The summed E-state index contributed by atoms with van der Waals surface area (Å²) in [6.07, 6.45) is 1.17. The van der Waals surface area contributed by atoms with E-state index in [1.165, 1.54) is 12.4 Å². The molecule has 0 spiro atoms. The van der Waals surface area contributed by atoms with Crippen molar-refractivity contribution in [1.29, 1.82) is 0 Å². The van der Waals surface area contributed by atoms with Crippen molar-refractivity contribution in [2.45, 2.75) is 13.8 Å². The van der Waals surface area contributed by atoms with Crippen molar-refractivity contribution in [3.63, 3.8) is 0 Å². The van der Waals surface area contributed by atoms with Gasteiger partial charge in [-0.05, 0) is 49.2 Å². The Morgan fingerprint density at radius 3 is 2.44 bits per heavy atom. The number of amides is 1. The molecule has 138 valence electrons. The fourth-order valence-corrected chi connectivity index (χ4v) is 2.33. The molecule has 3 rings (SSSR count). The summed E-state index contributed by atoms with van der Waals surface area (Å²) in [7, 11) is 0. The van der Waals surface area contributed by atoms with Crippen LogP contribution in [0.15, 0.2) is 42.7 Å². The molecule has 0 atom stereocenters. The van der Waals surface area contributed by atoms with Crippen LogP contribution >= 0.6 is 0 Å². The molecule has 1 aromatic heterocycles. The third kappa shape index (κ3) is 4.05. The molecule has 0 aliphatic heterocycles. The maximum Gasteiger partial charge on any atom is 0.274 e. The van der Waals surface area contributed by atoms with E-state index < -0.39 is 29.0 Å². The lowest BCUT2D eigenvalue weighted by atomic mass is 10.1. The van der Waals surface area contributed by atoms with Crippen molar-refractivity contribution in [3.05, 3.63) is 77.0 Å². The highest BCUT2D eigenvalue weighted by Crippen LogP contribution is 2.21. The standard InChI is InChI=1S/C19H15F3N4O/c1-10-3-4-12(7-11(10)2)25-16-8-15(23-9-24-16)19(27)26-14-6-5-13(20)17(21)18(14)22/h3-9H,1-2H3,(H,26,27)(H,23,24,25). The highest BCUT2D eigenvalue weighted by molar-refractivity contribution is 6.03. The summed E-state index contributed by atoms with van der Waals surface area (Å²) in [4.78, 5) is 20.1. The van der Waals surface area contributed by atoms with Crippen LogP contribution in [0.25, 0.3) is 0 Å². The third-order valence-electron chi connectivity index (χ3n) is 3.96. The number of carbonyl (C=O) groups is 1. The Kier molecular flexibility index (Phi) is 5.07. The Balaban J connectivity index is 1.79. The zero-order valence-electron chi connectivity index (χ0n) is 14.5. The lowest BCUT2D eigenvalue weighted by Crippen LogP contribution is -2.16. The molecule has 1 amide bonds. The number of nitrogens with one attached hydrogen (secondary N) is 2. The van der Waals surface area contributed by atoms with Gasteiger partial charge in [-0.15, -0.1) is 0 Å². The number of anilines is 3. The van der Waals surface area contributed by atoms with Crippen molar-refractivity contribution in [1.82, 2.24) is 9.97 Å². The van der Waals surface area contributed by atoms with Crippen LogP contribution in [0.4, 0.5) is 30.4 Å². The van der Waals surface area contributed by atoms with Crippen LogP contribution in [0.1, 0.15) is 21.6 Å². The number of halogens is 3. The topological polar surface area (TPSA) is 66.9 Å². The SMILES string of the molecule is Cc1ccc(Nc2cc(C(=O)Nc3ccc(F)c(F)c3F)ncn2)cc1C. The molecule has 2 aromatic carbocycles. The van der Waals surface area contributed by atoms with Gasteiger partial charge in [-0.3, -0.25) is 4.79 Å². The smallest absolute Gasteiger partial charge is 0.274 e. The highest BCUT2D eigenvalue weighted by Gasteiger charge is 2.17. The van der Waals surface area contributed by atoms with E-state index in [4.69, 9.17) is 0 Å². The molecule has 0 saturated heterocycles. The van der Waals surface area contributed by atoms with Gasteiger partial charge < -0.3 is 10.6 Å². The Labute approximate surface area is 153 Å². The Bertz CT molecular complexity index is 1020. The third-order valence-corrected chi connectivity index (χ3v) is 3.96. The molecule has 0 saturated carbocycles. The number of benzene rings is 2. The second kappa shape index (κ2) is 7.45. The summed E-state index contributed by atoms with van der Waals surface area (Å²) in [5, 5.41) is 5.21. The van der Waals surface area contributed by atoms with E-state index in [0.29, 0.717) is 5.82 Å². The highest BCUT2D eigenvalue weighted by atomic mass is 19.2. The number of hydrogen-bond acceptors (Lipinski definition) is 4. The average molecular weight is 372 g/mol. The van der Waals surface area contributed by atoms with Crippen LogP contribution in [0.3, 0.4) is 0 Å². The van der Waals surface area contributed by atoms with Gasteiger partial charge >= 0.3 is 0 Å². The molecule has 5 nitrogen and oxygen atoms in total. The molecule has 0 fully saturated rings. The lowest BCUT2D eigenvalue weighted by molar-refractivity contribution is 0.102. The summed E-state index contributed by atoms with van der Waals surface area (Å²) in [6.45, 7) is 3.96. The van der Waals surface area contributed by atoms with E-state index >= 15 is 0 Å². The molecular weight excluding hydrogens is 357 g/mol. The second-order valence-electron chi connectivity index (χ2n) is 5.89. The molecule has 8 heteroatoms. The van der Waals surface area contributed by atoms with Gasteiger partial charge in [0, 0.05) is 11.8 Å². The molecular formula is C19H15F3N4O.